The van der Waals surface area contributed by atoms with Crippen LogP contribution in [-0.2, 0) is 0 Å². The summed E-state index contributed by atoms with van der Waals surface area (Å²) in [6.07, 6.45) is 32.6. The summed E-state index contributed by atoms with van der Waals surface area (Å²) >= 11 is 0. The van der Waals surface area contributed by atoms with E-state index in [9.17, 15) is 0 Å². The number of ether oxygens (including phenoxy) is 8. The van der Waals surface area contributed by atoms with Gasteiger partial charge in [-0.05, 0) is 104 Å². The molecule has 4 rings (SSSR count). The van der Waals surface area contributed by atoms with Crippen LogP contribution in [0.3, 0.4) is 0 Å². The Balaban J connectivity index is 1.83. The summed E-state index contributed by atoms with van der Waals surface area (Å²) in [5.41, 5.74) is 6.30. The average molecular weight is 1040 g/mol. The monoisotopic (exact) mass is 1040 g/mol. The Labute approximate surface area is 461 Å². The first kappa shape index (κ1) is 62.8. The summed E-state index contributed by atoms with van der Waals surface area (Å²) < 4.78 is 50.6. The maximum Gasteiger partial charge on any atom is 0.127 e. The lowest BCUT2D eigenvalue weighted by Gasteiger charge is -2.19. The number of benzene rings is 4. The van der Waals surface area contributed by atoms with Gasteiger partial charge in [0, 0.05) is 38.9 Å². The molecule has 0 radical (unpaired) electrons. The Morgan fingerprint density at radius 2 is 0.618 bits per heavy atom. The van der Waals surface area contributed by atoms with Crippen LogP contribution >= 0.6 is 0 Å². The fourth-order valence-corrected chi connectivity index (χ4v) is 9.37. The second-order valence-electron chi connectivity index (χ2n) is 20.4. The molecule has 0 heterocycles. The summed E-state index contributed by atoms with van der Waals surface area (Å²) in [6.45, 7) is 24.6. The first-order chi connectivity index (χ1) is 37.1. The molecular formula is C68H98O8. The molecule has 4 atom stereocenters. The first-order valence-electron chi connectivity index (χ1n) is 29.1. The van der Waals surface area contributed by atoms with Crippen LogP contribution in [-0.4, -0.2) is 54.9 Å². The maximum absolute atomic E-state index is 6.84. The quantitative estimate of drug-likeness (QED) is 0.0409. The molecule has 0 saturated carbocycles. The minimum atomic E-state index is 0.435. The number of unbranched alkanes of at least 4 members (excludes halogenated alkanes) is 4. The Morgan fingerprint density at radius 3 is 0.908 bits per heavy atom. The van der Waals surface area contributed by atoms with Gasteiger partial charge in [-0.15, -0.1) is 0 Å². The number of hydrogen-bond donors (Lipinski definition) is 0. The normalized spacial score (nSPS) is 13.2. The molecule has 8 heteroatoms. The van der Waals surface area contributed by atoms with Gasteiger partial charge < -0.3 is 37.9 Å². The van der Waals surface area contributed by atoms with E-state index in [0.717, 1.165) is 143 Å². The summed E-state index contributed by atoms with van der Waals surface area (Å²) in [5, 5.41) is 0. The fraction of sp³-hybridized carbons (Fsp3) is 0.529. The summed E-state index contributed by atoms with van der Waals surface area (Å²) in [6, 6.07) is 18.4. The largest absolute Gasteiger partial charge is 0.497 e. The zero-order valence-electron chi connectivity index (χ0n) is 49.2. The van der Waals surface area contributed by atoms with Crippen molar-refractivity contribution in [3.05, 3.63) is 100 Å². The molecule has 0 aliphatic heterocycles. The smallest absolute Gasteiger partial charge is 0.127 e. The number of hydrogen-bond acceptors (Lipinski definition) is 8. The minimum Gasteiger partial charge on any atom is -0.497 e. The molecule has 0 aliphatic rings. The van der Waals surface area contributed by atoms with Crippen LogP contribution < -0.4 is 37.9 Å². The standard InChI is InChI=1S/C68H98O8/c1-14-23-27-50(18-5)46-73-62-38-37-61(69-10)39-55(62)31-32-57-44-67(75-48-52(20-7)29-25-16-3)60(41-64(57)71-12)36-34-58-45-68(76-49-53(21-8)30-26-17-4)59(42-65(58)72-13)35-33-56-43-66(54(22-9)40-63(56)70-11)74-47-51(19-6)28-24-15-2/h22,31-45,50-53H,9,14-21,23-30,46-49H2,1-8,10-13H3/b32-31+,35-33+,36-34+. The summed E-state index contributed by atoms with van der Waals surface area (Å²) in [5.74, 6) is 7.98. The molecule has 76 heavy (non-hydrogen) atoms. The lowest BCUT2D eigenvalue weighted by atomic mass is 10.00. The highest BCUT2D eigenvalue weighted by molar-refractivity contribution is 5.83. The predicted octanol–water partition coefficient (Wildman–Crippen LogP) is 19.3. The van der Waals surface area contributed by atoms with Crippen molar-refractivity contribution in [2.24, 2.45) is 23.7 Å². The fourth-order valence-electron chi connectivity index (χ4n) is 9.37. The zero-order chi connectivity index (χ0) is 55.1. The molecular weight excluding hydrogens is 945 g/mol. The van der Waals surface area contributed by atoms with Gasteiger partial charge in [-0.25, -0.2) is 0 Å². The molecule has 8 nitrogen and oxygen atoms in total. The Bertz CT molecular complexity index is 2390. The van der Waals surface area contributed by atoms with E-state index in [4.69, 9.17) is 37.9 Å². The van der Waals surface area contributed by atoms with Crippen molar-refractivity contribution in [3.8, 4) is 46.0 Å². The highest BCUT2D eigenvalue weighted by Gasteiger charge is 2.18. The van der Waals surface area contributed by atoms with E-state index in [1.165, 1.54) is 38.5 Å². The molecule has 0 amide bonds. The molecule has 0 fully saturated rings. The highest BCUT2D eigenvalue weighted by Crippen LogP contribution is 2.38. The van der Waals surface area contributed by atoms with Gasteiger partial charge in [-0.3, -0.25) is 0 Å². The Hall–Kier alpha value is -5.76. The van der Waals surface area contributed by atoms with Crippen molar-refractivity contribution in [1.29, 1.82) is 0 Å². The second-order valence-corrected chi connectivity index (χ2v) is 20.4. The summed E-state index contributed by atoms with van der Waals surface area (Å²) in [7, 11) is 6.84. The van der Waals surface area contributed by atoms with E-state index in [-0.39, 0.29) is 0 Å². The third kappa shape index (κ3) is 20.0. The molecule has 0 spiro atoms. The average Bonchev–Trinajstić information content (AvgIpc) is 3.45. The van der Waals surface area contributed by atoms with Gasteiger partial charge in [0.2, 0.25) is 0 Å². The van der Waals surface area contributed by atoms with E-state index in [0.29, 0.717) is 55.8 Å². The van der Waals surface area contributed by atoms with Gasteiger partial charge in [-0.2, -0.15) is 0 Å². The molecule has 0 N–H and O–H groups in total. The lowest BCUT2D eigenvalue weighted by Crippen LogP contribution is -2.12. The minimum absolute atomic E-state index is 0.435. The van der Waals surface area contributed by atoms with E-state index in [1.54, 1.807) is 28.4 Å². The van der Waals surface area contributed by atoms with Crippen molar-refractivity contribution >= 4 is 42.5 Å². The van der Waals surface area contributed by atoms with Gasteiger partial charge in [0.15, 0.2) is 0 Å². The van der Waals surface area contributed by atoms with Gasteiger partial charge in [0.05, 0.1) is 54.9 Å². The van der Waals surface area contributed by atoms with Crippen molar-refractivity contribution in [2.45, 2.75) is 158 Å². The van der Waals surface area contributed by atoms with Crippen LogP contribution in [0.4, 0.5) is 0 Å². The first-order valence-corrected chi connectivity index (χ1v) is 29.1. The molecule has 0 aliphatic carbocycles. The SMILES string of the molecule is C=Cc1cc(OC)c(/C=C/c2cc(OC)c(/C=C/c3cc(OC)c(/C=C/c4cc(OC)ccc4OCC(CC)CCCC)cc3OCC(CC)CCCC)cc2OCC(CC)CCCC)cc1OCC(CC)CCCC. The molecule has 4 aromatic rings. The third-order valence-corrected chi connectivity index (χ3v) is 14.9. The zero-order valence-corrected chi connectivity index (χ0v) is 49.2. The molecule has 4 unspecified atom stereocenters. The van der Waals surface area contributed by atoms with E-state index >= 15 is 0 Å². The third-order valence-electron chi connectivity index (χ3n) is 14.9. The molecule has 0 bridgehead atoms. The molecule has 4 aromatic carbocycles. The predicted molar refractivity (Wildman–Crippen MR) is 324 cm³/mol. The number of methoxy groups -OCH3 is 4. The van der Waals surface area contributed by atoms with Crippen LogP contribution in [0.15, 0.2) is 61.2 Å². The van der Waals surface area contributed by atoms with Crippen LogP contribution in [0.5, 0.6) is 46.0 Å². The van der Waals surface area contributed by atoms with Crippen LogP contribution in [0, 0.1) is 23.7 Å². The van der Waals surface area contributed by atoms with Crippen LogP contribution in [0.25, 0.3) is 42.5 Å². The Kier molecular flexibility index (Phi) is 29.4. The lowest BCUT2D eigenvalue weighted by molar-refractivity contribution is 0.232. The van der Waals surface area contributed by atoms with E-state index < -0.39 is 0 Å². The van der Waals surface area contributed by atoms with Crippen molar-refractivity contribution < 1.29 is 37.9 Å². The molecule has 0 saturated heterocycles. The van der Waals surface area contributed by atoms with Crippen molar-refractivity contribution in [1.82, 2.24) is 0 Å². The highest BCUT2D eigenvalue weighted by atomic mass is 16.5. The van der Waals surface area contributed by atoms with Crippen LogP contribution in [0.2, 0.25) is 0 Å². The second kappa shape index (κ2) is 35.5. The van der Waals surface area contributed by atoms with Crippen molar-refractivity contribution in [2.75, 3.05) is 54.9 Å². The molecule has 0 aromatic heterocycles. The van der Waals surface area contributed by atoms with Gasteiger partial charge in [-0.1, -0.05) is 182 Å². The van der Waals surface area contributed by atoms with Crippen molar-refractivity contribution in [3.63, 3.8) is 0 Å². The Morgan fingerprint density at radius 1 is 0.342 bits per heavy atom. The van der Waals surface area contributed by atoms with E-state index in [1.807, 2.05) is 30.3 Å². The number of rotatable bonds is 39. The summed E-state index contributed by atoms with van der Waals surface area (Å²) in [4.78, 5) is 0. The topological polar surface area (TPSA) is 73.8 Å². The van der Waals surface area contributed by atoms with Gasteiger partial charge in [0.1, 0.15) is 46.0 Å². The van der Waals surface area contributed by atoms with Gasteiger partial charge in [0.25, 0.3) is 0 Å². The maximum atomic E-state index is 6.84. The molecule has 418 valence electrons. The van der Waals surface area contributed by atoms with Crippen LogP contribution in [0.1, 0.15) is 197 Å². The van der Waals surface area contributed by atoms with E-state index in [2.05, 4.69) is 129 Å². The van der Waals surface area contributed by atoms with Gasteiger partial charge >= 0.3 is 0 Å².